The second kappa shape index (κ2) is 4.81. The summed E-state index contributed by atoms with van der Waals surface area (Å²) in [5, 5.41) is 0. The Balaban J connectivity index is 2.78. The minimum atomic E-state index is 0.719. The van der Waals surface area contributed by atoms with E-state index in [4.69, 9.17) is 4.74 Å². The van der Waals surface area contributed by atoms with Crippen LogP contribution in [0.4, 0.5) is 0 Å². The number of ether oxygens (including phenoxy) is 1. The molecule has 94 valence electrons. The molecule has 2 rings (SSSR count). The van der Waals surface area contributed by atoms with E-state index in [9.17, 15) is 0 Å². The molecule has 1 aromatic heterocycles. The van der Waals surface area contributed by atoms with Crippen LogP contribution in [0.2, 0.25) is 0 Å². The van der Waals surface area contributed by atoms with Gasteiger partial charge >= 0.3 is 0 Å². The van der Waals surface area contributed by atoms with Crippen LogP contribution in [-0.2, 0) is 0 Å². The molecule has 0 aliphatic carbocycles. The third-order valence-electron chi connectivity index (χ3n) is 3.49. The highest BCUT2D eigenvalue weighted by Crippen LogP contribution is 2.34. The molecule has 2 aromatic rings. The van der Waals surface area contributed by atoms with E-state index in [1.54, 1.807) is 7.11 Å². The Bertz CT molecular complexity index is 588. The molecule has 1 aromatic carbocycles. The molecule has 18 heavy (non-hydrogen) atoms. The Kier molecular flexibility index (Phi) is 3.37. The molecule has 0 bridgehead atoms. The molecule has 0 atom stereocenters. The van der Waals surface area contributed by atoms with E-state index in [1.165, 1.54) is 22.3 Å². The predicted molar refractivity (Wildman–Crippen MR) is 75.2 cm³/mol. The topological polar surface area (TPSA) is 22.1 Å². The summed E-state index contributed by atoms with van der Waals surface area (Å²) < 4.78 is 5.37. The summed E-state index contributed by atoms with van der Waals surface area (Å²) in [6.07, 6.45) is 0. The van der Waals surface area contributed by atoms with Gasteiger partial charge in [-0.25, -0.2) is 4.98 Å². The standard InChI is InChI=1S/C16H19NO/c1-10-8-6-7-9-14(10)15-11(2)13(4)17-16(18-5)12(15)3/h6-9H,1-5H3. The van der Waals surface area contributed by atoms with Crippen molar-refractivity contribution >= 4 is 0 Å². The van der Waals surface area contributed by atoms with E-state index < -0.39 is 0 Å². The molecule has 0 unspecified atom stereocenters. The normalized spacial score (nSPS) is 10.5. The highest BCUT2D eigenvalue weighted by Gasteiger charge is 2.15. The summed E-state index contributed by atoms with van der Waals surface area (Å²) in [5.74, 6) is 0.719. The molecule has 2 heteroatoms. The third-order valence-corrected chi connectivity index (χ3v) is 3.49. The molecule has 0 aliphatic heterocycles. The second-order valence-electron chi connectivity index (χ2n) is 4.65. The van der Waals surface area contributed by atoms with Crippen molar-refractivity contribution in [3.63, 3.8) is 0 Å². The average molecular weight is 241 g/mol. The van der Waals surface area contributed by atoms with Gasteiger partial charge in [-0.2, -0.15) is 0 Å². The smallest absolute Gasteiger partial charge is 0.216 e. The van der Waals surface area contributed by atoms with Gasteiger partial charge in [0.05, 0.1) is 7.11 Å². The first-order chi connectivity index (χ1) is 8.56. The van der Waals surface area contributed by atoms with Crippen molar-refractivity contribution in [3.8, 4) is 17.0 Å². The van der Waals surface area contributed by atoms with E-state index in [1.807, 2.05) is 6.92 Å². The first kappa shape index (κ1) is 12.6. The number of benzene rings is 1. The maximum atomic E-state index is 5.37. The number of hydrogen-bond acceptors (Lipinski definition) is 2. The second-order valence-corrected chi connectivity index (χ2v) is 4.65. The summed E-state index contributed by atoms with van der Waals surface area (Å²) in [6, 6.07) is 8.43. The molecule has 0 amide bonds. The van der Waals surface area contributed by atoms with Gasteiger partial charge in [0.15, 0.2) is 0 Å². The molecular weight excluding hydrogens is 222 g/mol. The fraction of sp³-hybridized carbons (Fsp3) is 0.312. The number of rotatable bonds is 2. The van der Waals surface area contributed by atoms with Gasteiger partial charge in [0, 0.05) is 11.3 Å². The zero-order valence-electron chi connectivity index (χ0n) is 11.7. The lowest BCUT2D eigenvalue weighted by atomic mass is 9.93. The van der Waals surface area contributed by atoms with Gasteiger partial charge < -0.3 is 4.74 Å². The largest absolute Gasteiger partial charge is 0.481 e. The summed E-state index contributed by atoms with van der Waals surface area (Å²) >= 11 is 0. The highest BCUT2D eigenvalue weighted by atomic mass is 16.5. The Morgan fingerprint density at radius 2 is 1.61 bits per heavy atom. The van der Waals surface area contributed by atoms with Crippen LogP contribution in [0.1, 0.15) is 22.4 Å². The molecular formula is C16H19NO. The Morgan fingerprint density at radius 3 is 2.22 bits per heavy atom. The fourth-order valence-electron chi connectivity index (χ4n) is 2.35. The predicted octanol–water partition coefficient (Wildman–Crippen LogP) is 3.99. The van der Waals surface area contributed by atoms with E-state index in [2.05, 4.69) is 50.0 Å². The Hall–Kier alpha value is -1.83. The van der Waals surface area contributed by atoms with Crippen LogP contribution in [-0.4, -0.2) is 12.1 Å². The number of nitrogens with zero attached hydrogens (tertiary/aromatic N) is 1. The lowest BCUT2D eigenvalue weighted by molar-refractivity contribution is 0.393. The van der Waals surface area contributed by atoms with Gasteiger partial charge in [-0.15, -0.1) is 0 Å². The van der Waals surface area contributed by atoms with Gasteiger partial charge in [-0.3, -0.25) is 0 Å². The minimum Gasteiger partial charge on any atom is -0.481 e. The lowest BCUT2D eigenvalue weighted by Gasteiger charge is -2.16. The van der Waals surface area contributed by atoms with Crippen molar-refractivity contribution in [1.82, 2.24) is 4.98 Å². The van der Waals surface area contributed by atoms with Crippen molar-refractivity contribution in [3.05, 3.63) is 46.6 Å². The number of aromatic nitrogens is 1. The van der Waals surface area contributed by atoms with Crippen LogP contribution in [0.3, 0.4) is 0 Å². The quantitative estimate of drug-likeness (QED) is 0.793. The van der Waals surface area contributed by atoms with Crippen molar-refractivity contribution in [1.29, 1.82) is 0 Å². The van der Waals surface area contributed by atoms with Crippen LogP contribution in [0.15, 0.2) is 24.3 Å². The molecule has 1 heterocycles. The van der Waals surface area contributed by atoms with Crippen LogP contribution in [0.5, 0.6) is 5.88 Å². The first-order valence-corrected chi connectivity index (χ1v) is 6.14. The summed E-state index contributed by atoms with van der Waals surface area (Å²) in [5.41, 5.74) is 7.14. The van der Waals surface area contributed by atoms with Crippen LogP contribution in [0, 0.1) is 27.7 Å². The van der Waals surface area contributed by atoms with Gasteiger partial charge in [0.25, 0.3) is 0 Å². The molecule has 0 N–H and O–H groups in total. The van der Waals surface area contributed by atoms with E-state index in [0.717, 1.165) is 17.1 Å². The maximum Gasteiger partial charge on any atom is 0.216 e. The zero-order valence-corrected chi connectivity index (χ0v) is 11.7. The molecule has 0 radical (unpaired) electrons. The molecule has 0 fully saturated rings. The number of aryl methyl sites for hydroxylation is 2. The van der Waals surface area contributed by atoms with Crippen molar-refractivity contribution in [2.45, 2.75) is 27.7 Å². The van der Waals surface area contributed by atoms with E-state index in [0.29, 0.717) is 0 Å². The summed E-state index contributed by atoms with van der Waals surface area (Å²) in [4.78, 5) is 4.48. The summed E-state index contributed by atoms with van der Waals surface area (Å²) in [7, 11) is 1.67. The van der Waals surface area contributed by atoms with Crippen molar-refractivity contribution < 1.29 is 4.74 Å². The van der Waals surface area contributed by atoms with Gasteiger partial charge in [0.1, 0.15) is 0 Å². The van der Waals surface area contributed by atoms with Crippen LogP contribution in [0.25, 0.3) is 11.1 Å². The van der Waals surface area contributed by atoms with Gasteiger partial charge in [-0.1, -0.05) is 24.3 Å². The number of pyridine rings is 1. The van der Waals surface area contributed by atoms with Crippen LogP contribution < -0.4 is 4.74 Å². The minimum absolute atomic E-state index is 0.719. The first-order valence-electron chi connectivity index (χ1n) is 6.14. The molecule has 2 nitrogen and oxygen atoms in total. The summed E-state index contributed by atoms with van der Waals surface area (Å²) in [6.45, 7) is 8.35. The van der Waals surface area contributed by atoms with E-state index >= 15 is 0 Å². The van der Waals surface area contributed by atoms with E-state index in [-0.39, 0.29) is 0 Å². The average Bonchev–Trinajstić information content (AvgIpc) is 2.36. The fourth-order valence-corrected chi connectivity index (χ4v) is 2.35. The molecule has 0 aliphatic rings. The molecule has 0 saturated heterocycles. The van der Waals surface area contributed by atoms with Gasteiger partial charge in [-0.05, 0) is 49.9 Å². The third kappa shape index (κ3) is 1.99. The lowest BCUT2D eigenvalue weighted by Crippen LogP contribution is -2.01. The highest BCUT2D eigenvalue weighted by molar-refractivity contribution is 5.75. The van der Waals surface area contributed by atoms with Crippen molar-refractivity contribution in [2.24, 2.45) is 0 Å². The monoisotopic (exact) mass is 241 g/mol. The Labute approximate surface area is 109 Å². The SMILES string of the molecule is COc1nc(C)c(C)c(-c2ccccc2C)c1C. The Morgan fingerprint density at radius 1 is 0.944 bits per heavy atom. The molecule has 0 saturated carbocycles. The van der Waals surface area contributed by atoms with Crippen LogP contribution >= 0.6 is 0 Å². The van der Waals surface area contributed by atoms with Crippen molar-refractivity contribution in [2.75, 3.05) is 7.11 Å². The number of hydrogen-bond donors (Lipinski definition) is 0. The molecule has 0 spiro atoms. The number of methoxy groups -OCH3 is 1. The van der Waals surface area contributed by atoms with Gasteiger partial charge in [0.2, 0.25) is 5.88 Å². The zero-order chi connectivity index (χ0) is 13.3. The maximum absolute atomic E-state index is 5.37.